The molecule has 0 bridgehead atoms. The Morgan fingerprint density at radius 3 is 2.66 bits per heavy atom. The Balaban J connectivity index is 1.71. The van der Waals surface area contributed by atoms with Gasteiger partial charge < -0.3 is 9.84 Å². The number of rotatable bonds is 7. The van der Waals surface area contributed by atoms with Crippen LogP contribution >= 0.6 is 11.6 Å². The second-order valence-corrected chi connectivity index (χ2v) is 10.6. The molecule has 170 valence electrons. The zero-order chi connectivity index (χ0) is 23.2. The number of aliphatic hydroxyl groups excluding tert-OH is 1. The maximum absolute atomic E-state index is 13.0. The summed E-state index contributed by atoms with van der Waals surface area (Å²) in [6, 6.07) is 4.35. The quantitative estimate of drug-likeness (QED) is 0.476. The summed E-state index contributed by atoms with van der Waals surface area (Å²) < 4.78 is 32.1. The van der Waals surface area contributed by atoms with Crippen LogP contribution in [0.1, 0.15) is 59.6 Å². The molecule has 1 heterocycles. The van der Waals surface area contributed by atoms with Crippen molar-refractivity contribution in [2.45, 2.75) is 49.5 Å². The van der Waals surface area contributed by atoms with Gasteiger partial charge in [0.05, 0.1) is 15.6 Å². The Kier molecular flexibility index (Phi) is 5.89. The number of benzene rings is 1. The third-order valence-corrected chi connectivity index (χ3v) is 7.29. The highest BCUT2D eigenvalue weighted by molar-refractivity contribution is 7.90. The van der Waals surface area contributed by atoms with Crippen LogP contribution in [-0.2, 0) is 28.3 Å². The lowest BCUT2D eigenvalue weighted by Crippen LogP contribution is -2.20. The highest BCUT2D eigenvalue weighted by atomic mass is 35.5. The number of aryl methyl sites for hydroxylation is 1. The first-order chi connectivity index (χ1) is 15.1. The lowest BCUT2D eigenvalue weighted by molar-refractivity contribution is -0.116. The van der Waals surface area contributed by atoms with Gasteiger partial charge in [-0.05, 0) is 31.4 Å². The van der Waals surface area contributed by atoms with E-state index in [1.54, 1.807) is 11.7 Å². The fourth-order valence-corrected chi connectivity index (χ4v) is 5.10. The predicted molar refractivity (Wildman–Crippen MR) is 117 cm³/mol. The van der Waals surface area contributed by atoms with Crippen LogP contribution in [0.15, 0.2) is 34.4 Å². The van der Waals surface area contributed by atoms with E-state index in [0.717, 1.165) is 24.8 Å². The standard InChI is InChI=1S/C22H23ClN2O6S/c1-25-19(10-15(24-25)12-6-7-12)31-11-14-18(32(2,29)30)9-8-13(21(14)23)22(28)20-16(26)4-3-5-17(20)27/h8-10,12,26H,3-7,11H2,1-2H3. The van der Waals surface area contributed by atoms with Crippen molar-refractivity contribution in [2.24, 2.45) is 7.05 Å². The van der Waals surface area contributed by atoms with Gasteiger partial charge >= 0.3 is 0 Å². The van der Waals surface area contributed by atoms with Gasteiger partial charge in [-0.2, -0.15) is 5.10 Å². The molecule has 10 heteroatoms. The van der Waals surface area contributed by atoms with Crippen LogP contribution in [0.3, 0.4) is 0 Å². The average molecular weight is 479 g/mol. The van der Waals surface area contributed by atoms with Crippen LogP contribution in [-0.4, -0.2) is 41.1 Å². The first kappa shape index (κ1) is 22.5. The highest BCUT2D eigenvalue weighted by Gasteiger charge is 2.31. The summed E-state index contributed by atoms with van der Waals surface area (Å²) in [5, 5.41) is 14.4. The van der Waals surface area contributed by atoms with Crippen molar-refractivity contribution < 1.29 is 27.9 Å². The molecule has 2 aliphatic carbocycles. The molecule has 1 N–H and O–H groups in total. The molecule has 0 unspecified atom stereocenters. The van der Waals surface area contributed by atoms with Crippen LogP contribution in [0, 0.1) is 0 Å². The first-order valence-corrected chi connectivity index (χ1v) is 12.5. The lowest BCUT2D eigenvalue weighted by atomic mass is 9.90. The fraction of sp³-hybridized carbons (Fsp3) is 0.409. The fourth-order valence-electron chi connectivity index (χ4n) is 3.81. The Morgan fingerprint density at radius 1 is 1.31 bits per heavy atom. The number of hydrogen-bond acceptors (Lipinski definition) is 7. The van der Waals surface area contributed by atoms with Gasteiger partial charge in [-0.15, -0.1) is 0 Å². The van der Waals surface area contributed by atoms with E-state index in [-0.39, 0.29) is 51.8 Å². The number of sulfone groups is 1. The monoisotopic (exact) mass is 478 g/mol. The highest BCUT2D eigenvalue weighted by Crippen LogP contribution is 2.40. The van der Waals surface area contributed by atoms with E-state index in [2.05, 4.69) is 5.10 Å². The van der Waals surface area contributed by atoms with Gasteiger partial charge in [0.1, 0.15) is 17.9 Å². The third-order valence-electron chi connectivity index (χ3n) is 5.67. The Bertz CT molecular complexity index is 1260. The van der Waals surface area contributed by atoms with Crippen molar-refractivity contribution in [1.82, 2.24) is 9.78 Å². The molecule has 1 fully saturated rings. The number of hydrogen-bond donors (Lipinski definition) is 1. The minimum absolute atomic E-state index is 0.0573. The van der Waals surface area contributed by atoms with E-state index in [0.29, 0.717) is 18.2 Å². The normalized spacial score (nSPS) is 17.0. The Labute approximate surface area is 190 Å². The van der Waals surface area contributed by atoms with Gasteiger partial charge in [0.2, 0.25) is 11.7 Å². The minimum Gasteiger partial charge on any atom is -0.511 e. The van der Waals surface area contributed by atoms with Crippen molar-refractivity contribution >= 4 is 33.0 Å². The van der Waals surface area contributed by atoms with Crippen LogP contribution in [0.5, 0.6) is 5.88 Å². The number of nitrogens with zero attached hydrogens (tertiary/aromatic N) is 2. The number of carbonyl (C=O) groups excluding carboxylic acids is 2. The molecule has 0 saturated heterocycles. The SMILES string of the molecule is Cn1nc(C2CC2)cc1OCc1c(S(C)(=O)=O)ccc(C(=O)C2=C(O)CCCC2=O)c1Cl. The van der Waals surface area contributed by atoms with Gasteiger partial charge in [0.15, 0.2) is 15.6 Å². The van der Waals surface area contributed by atoms with Crippen molar-refractivity contribution in [3.8, 4) is 5.88 Å². The molecule has 0 atom stereocenters. The van der Waals surface area contributed by atoms with Crippen molar-refractivity contribution in [2.75, 3.05) is 6.26 Å². The lowest BCUT2D eigenvalue weighted by Gasteiger charge is -2.17. The minimum atomic E-state index is -3.68. The molecule has 32 heavy (non-hydrogen) atoms. The maximum atomic E-state index is 13.0. The summed E-state index contributed by atoms with van der Waals surface area (Å²) in [5.41, 5.74) is 0.674. The van der Waals surface area contributed by atoms with Crippen LogP contribution in [0.2, 0.25) is 5.02 Å². The zero-order valence-corrected chi connectivity index (χ0v) is 19.3. The van der Waals surface area contributed by atoms with E-state index in [4.69, 9.17) is 16.3 Å². The van der Waals surface area contributed by atoms with Crippen LogP contribution < -0.4 is 4.74 Å². The molecule has 1 saturated carbocycles. The number of halogens is 1. The third kappa shape index (κ3) is 4.31. The summed E-state index contributed by atoms with van der Waals surface area (Å²) >= 11 is 6.50. The number of aliphatic hydroxyl groups is 1. The summed E-state index contributed by atoms with van der Waals surface area (Å²) in [6.45, 7) is -0.217. The topological polar surface area (TPSA) is 116 Å². The van der Waals surface area contributed by atoms with Crippen molar-refractivity contribution in [3.05, 3.63) is 51.4 Å². The van der Waals surface area contributed by atoms with Gasteiger partial charge in [0, 0.05) is 49.3 Å². The number of allylic oxidation sites excluding steroid dienone is 2. The zero-order valence-electron chi connectivity index (χ0n) is 17.7. The summed E-state index contributed by atoms with van der Waals surface area (Å²) in [6.07, 6.45) is 4.04. The van der Waals surface area contributed by atoms with E-state index in [1.807, 2.05) is 6.07 Å². The number of carbonyl (C=O) groups is 2. The van der Waals surface area contributed by atoms with E-state index >= 15 is 0 Å². The number of ether oxygens (including phenoxy) is 1. The molecule has 2 aromatic rings. The largest absolute Gasteiger partial charge is 0.511 e. The summed E-state index contributed by atoms with van der Waals surface area (Å²) in [4.78, 5) is 25.2. The molecule has 4 rings (SSSR count). The van der Waals surface area contributed by atoms with Gasteiger partial charge in [-0.1, -0.05) is 11.6 Å². The van der Waals surface area contributed by atoms with Crippen molar-refractivity contribution in [3.63, 3.8) is 0 Å². The number of Topliss-reactive ketones (excluding diaryl/α,β-unsaturated/α-hetero) is 2. The van der Waals surface area contributed by atoms with Gasteiger partial charge in [0.25, 0.3) is 0 Å². The molecular formula is C22H23ClN2O6S. The summed E-state index contributed by atoms with van der Waals surface area (Å²) in [5.74, 6) is -0.585. The Morgan fingerprint density at radius 2 is 2.03 bits per heavy atom. The maximum Gasteiger partial charge on any atom is 0.212 e. The van der Waals surface area contributed by atoms with E-state index in [9.17, 15) is 23.1 Å². The first-order valence-electron chi connectivity index (χ1n) is 10.3. The second kappa shape index (κ2) is 8.37. The molecule has 2 aliphatic rings. The molecule has 8 nitrogen and oxygen atoms in total. The molecule has 0 radical (unpaired) electrons. The van der Waals surface area contributed by atoms with Crippen LogP contribution in [0.4, 0.5) is 0 Å². The summed E-state index contributed by atoms with van der Waals surface area (Å²) in [7, 11) is -1.96. The number of aromatic nitrogens is 2. The number of ketones is 2. The van der Waals surface area contributed by atoms with Gasteiger partial charge in [-0.3, -0.25) is 9.59 Å². The molecule has 0 spiro atoms. The smallest absolute Gasteiger partial charge is 0.212 e. The molecule has 1 aromatic carbocycles. The van der Waals surface area contributed by atoms with E-state index < -0.39 is 21.4 Å². The van der Waals surface area contributed by atoms with Gasteiger partial charge in [-0.25, -0.2) is 13.1 Å². The molecule has 0 amide bonds. The molecule has 0 aliphatic heterocycles. The molecule has 1 aromatic heterocycles. The van der Waals surface area contributed by atoms with Crippen LogP contribution in [0.25, 0.3) is 0 Å². The molecular weight excluding hydrogens is 456 g/mol. The predicted octanol–water partition coefficient (Wildman–Crippen LogP) is 3.68. The average Bonchev–Trinajstić information content (AvgIpc) is 3.49. The second-order valence-electron chi connectivity index (χ2n) is 8.20. The van der Waals surface area contributed by atoms with Crippen molar-refractivity contribution in [1.29, 1.82) is 0 Å². The van der Waals surface area contributed by atoms with E-state index in [1.165, 1.54) is 12.1 Å². The Hall–Kier alpha value is -2.65.